The molecule has 16 heteroatoms. The average molecular weight is 783 g/mol. The summed E-state index contributed by atoms with van der Waals surface area (Å²) in [5.41, 5.74) is 2.30. The third-order valence-corrected chi connectivity index (χ3v) is 13.3. The number of carbonyl (C=O) groups is 1. The molecule has 5 fully saturated rings. The fourth-order valence-electron chi connectivity index (χ4n) is 10.0. The number of aryl methyl sites for hydroxylation is 1. The van der Waals surface area contributed by atoms with Crippen LogP contribution in [0.4, 0.5) is 0 Å². The molecule has 0 bridgehead atoms. The molecule has 55 heavy (non-hydrogen) atoms. The summed E-state index contributed by atoms with van der Waals surface area (Å²) >= 11 is 0. The molecule has 0 aromatic carbocycles. The summed E-state index contributed by atoms with van der Waals surface area (Å²) in [5.74, 6) is 1.35. The van der Waals surface area contributed by atoms with E-state index in [4.69, 9.17) is 37.6 Å². The van der Waals surface area contributed by atoms with Crippen molar-refractivity contribution in [3.63, 3.8) is 0 Å². The highest BCUT2D eigenvalue weighted by Gasteiger charge is 2.54. The summed E-state index contributed by atoms with van der Waals surface area (Å²) in [6.45, 7) is 4.89. The van der Waals surface area contributed by atoms with E-state index in [1.165, 1.54) is 12.7 Å². The Morgan fingerprint density at radius 3 is 2.29 bits per heavy atom. The minimum atomic E-state index is -1.70. The molecular formula is C39H58O16. The molecule has 3 aliphatic heterocycles. The van der Waals surface area contributed by atoms with Gasteiger partial charge >= 0.3 is 0 Å². The Hall–Kier alpha value is -1.87. The van der Waals surface area contributed by atoms with E-state index in [-0.39, 0.29) is 23.4 Å². The minimum absolute atomic E-state index is 0.00230. The maximum absolute atomic E-state index is 13.8. The highest BCUT2D eigenvalue weighted by molar-refractivity contribution is 5.89. The molecule has 6 aliphatic rings. The van der Waals surface area contributed by atoms with Crippen LogP contribution in [0.1, 0.15) is 76.0 Å². The van der Waals surface area contributed by atoms with Crippen LogP contribution in [-0.2, 0) is 38.0 Å². The van der Waals surface area contributed by atoms with Crippen LogP contribution in [0.3, 0.4) is 0 Å². The number of hydrogen-bond donors (Lipinski definition) is 7. The van der Waals surface area contributed by atoms with Crippen LogP contribution < -0.4 is 0 Å². The molecule has 0 radical (unpaired) electrons. The van der Waals surface area contributed by atoms with Crippen LogP contribution in [0, 0.1) is 24.2 Å². The summed E-state index contributed by atoms with van der Waals surface area (Å²) in [6, 6.07) is 1.94. The predicted octanol–water partition coefficient (Wildman–Crippen LogP) is 0.332. The first-order chi connectivity index (χ1) is 26.2. The highest BCUT2D eigenvalue weighted by atomic mass is 16.7. The zero-order valence-corrected chi connectivity index (χ0v) is 31.8. The second-order valence-corrected chi connectivity index (χ2v) is 16.5. The van der Waals surface area contributed by atoms with E-state index in [1.807, 2.05) is 13.0 Å². The normalized spacial score (nSPS) is 47.8. The zero-order valence-electron chi connectivity index (χ0n) is 31.8. The van der Waals surface area contributed by atoms with E-state index in [0.29, 0.717) is 18.1 Å². The van der Waals surface area contributed by atoms with Crippen molar-refractivity contribution in [2.75, 3.05) is 20.3 Å². The SMILES string of the molecule is COC1CC(OC2CCC3(C)C(=CCC4C(=O)C(c5ccoc5C)CCC43)C2)OC(C)C1OC1OC(COC2OC(CO)C(O)C(O)C2O)C(O)C(O)C1O. The van der Waals surface area contributed by atoms with E-state index in [2.05, 4.69) is 13.0 Å². The Balaban J connectivity index is 0.940. The Kier molecular flexibility index (Phi) is 12.6. The highest BCUT2D eigenvalue weighted by Crippen LogP contribution is 2.58. The van der Waals surface area contributed by atoms with Crippen LogP contribution in [0.5, 0.6) is 0 Å². The van der Waals surface area contributed by atoms with Gasteiger partial charge in [-0.05, 0) is 69.8 Å². The van der Waals surface area contributed by atoms with Crippen molar-refractivity contribution in [3.05, 3.63) is 35.3 Å². The molecule has 19 atom stereocenters. The lowest BCUT2D eigenvalue weighted by atomic mass is 9.52. The summed E-state index contributed by atoms with van der Waals surface area (Å²) in [6.07, 6.45) is -8.69. The standard InChI is InChI=1S/C39H58O16/c1-17-21(10-12-49-17)22-7-8-24-23(29(22)41)6-5-19-13-20(9-11-39(19,24)3)52-28-14-25(48-4)36(18(2)51-28)55-38-35(47)33(45)31(43)27(54-38)16-50-37-34(46)32(44)30(42)26(15-40)53-37/h5,10,12,18,20,22-28,30-38,40,42-47H,6-9,11,13-16H2,1-4H3. The van der Waals surface area contributed by atoms with Gasteiger partial charge in [-0.15, -0.1) is 0 Å². The lowest BCUT2D eigenvalue weighted by Crippen LogP contribution is -2.63. The first kappa shape index (κ1) is 41.3. The fraction of sp³-hybridized carbons (Fsp3) is 0.821. The third-order valence-electron chi connectivity index (χ3n) is 13.3. The molecule has 4 heterocycles. The van der Waals surface area contributed by atoms with Crippen LogP contribution in [-0.4, -0.2) is 154 Å². The minimum Gasteiger partial charge on any atom is -0.469 e. The molecule has 0 spiro atoms. The maximum Gasteiger partial charge on any atom is 0.187 e. The number of Topliss-reactive ketones (excluding diaryl/α,β-unsaturated/α-hetero) is 1. The Labute approximate surface area is 320 Å². The number of aliphatic hydroxyl groups is 7. The van der Waals surface area contributed by atoms with Crippen molar-refractivity contribution in [1.82, 2.24) is 0 Å². The lowest BCUT2D eigenvalue weighted by Gasteiger charge is -2.53. The van der Waals surface area contributed by atoms with Gasteiger partial charge in [0.2, 0.25) is 0 Å². The summed E-state index contributed by atoms with van der Waals surface area (Å²) in [7, 11) is 1.53. The number of hydrogen-bond acceptors (Lipinski definition) is 16. The van der Waals surface area contributed by atoms with Gasteiger partial charge in [0.15, 0.2) is 18.9 Å². The Bertz CT molecular complexity index is 1500. The number of fused-ring (bicyclic) bond motifs is 3. The zero-order chi connectivity index (χ0) is 39.3. The largest absolute Gasteiger partial charge is 0.469 e. The first-order valence-electron chi connectivity index (χ1n) is 19.6. The Morgan fingerprint density at radius 2 is 1.60 bits per heavy atom. The number of ether oxygens (including phenoxy) is 7. The first-order valence-corrected chi connectivity index (χ1v) is 19.6. The second-order valence-electron chi connectivity index (χ2n) is 16.5. The molecule has 310 valence electrons. The summed E-state index contributed by atoms with van der Waals surface area (Å²) < 4.78 is 47.2. The maximum atomic E-state index is 13.8. The van der Waals surface area contributed by atoms with Gasteiger partial charge < -0.3 is 73.3 Å². The molecule has 0 amide bonds. The van der Waals surface area contributed by atoms with Gasteiger partial charge in [-0.3, -0.25) is 4.79 Å². The summed E-state index contributed by atoms with van der Waals surface area (Å²) in [5, 5.41) is 72.2. The van der Waals surface area contributed by atoms with Gasteiger partial charge in [-0.1, -0.05) is 18.6 Å². The number of ketones is 1. The molecule has 3 saturated heterocycles. The van der Waals surface area contributed by atoms with Crippen LogP contribution in [0.2, 0.25) is 0 Å². The second kappa shape index (κ2) is 16.8. The number of carbonyl (C=O) groups excluding carboxylic acids is 1. The van der Waals surface area contributed by atoms with Crippen molar-refractivity contribution < 1.29 is 78.1 Å². The van der Waals surface area contributed by atoms with Gasteiger partial charge in [0.1, 0.15) is 66.5 Å². The lowest BCUT2D eigenvalue weighted by molar-refractivity contribution is -0.354. The summed E-state index contributed by atoms with van der Waals surface area (Å²) in [4.78, 5) is 13.8. The van der Waals surface area contributed by atoms with E-state index in [9.17, 15) is 40.5 Å². The van der Waals surface area contributed by atoms with Crippen LogP contribution in [0.15, 0.2) is 28.4 Å². The molecule has 7 N–H and O–H groups in total. The molecule has 7 rings (SSSR count). The number of rotatable bonds is 10. The van der Waals surface area contributed by atoms with Gasteiger partial charge in [0, 0.05) is 30.9 Å². The molecular weight excluding hydrogens is 724 g/mol. The number of aliphatic hydroxyl groups excluding tert-OH is 7. The van der Waals surface area contributed by atoms with Crippen molar-refractivity contribution >= 4 is 5.78 Å². The monoisotopic (exact) mass is 782 g/mol. The average Bonchev–Trinajstić information content (AvgIpc) is 3.60. The molecule has 3 aliphatic carbocycles. The quantitative estimate of drug-likeness (QED) is 0.158. The van der Waals surface area contributed by atoms with Gasteiger partial charge in [-0.2, -0.15) is 0 Å². The van der Waals surface area contributed by atoms with Crippen LogP contribution >= 0.6 is 0 Å². The smallest absolute Gasteiger partial charge is 0.187 e. The molecule has 1 aromatic rings. The van der Waals surface area contributed by atoms with Crippen LogP contribution in [0.25, 0.3) is 0 Å². The van der Waals surface area contributed by atoms with E-state index >= 15 is 0 Å². The number of methoxy groups -OCH3 is 1. The Morgan fingerprint density at radius 1 is 0.891 bits per heavy atom. The topological polar surface area (TPSA) is 236 Å². The van der Waals surface area contributed by atoms with Gasteiger partial charge in [0.25, 0.3) is 0 Å². The van der Waals surface area contributed by atoms with Crippen molar-refractivity contribution in [3.8, 4) is 0 Å². The van der Waals surface area contributed by atoms with Crippen molar-refractivity contribution in [2.45, 2.75) is 164 Å². The number of furan rings is 1. The fourth-order valence-corrected chi connectivity index (χ4v) is 10.0. The molecule has 1 aromatic heterocycles. The molecule has 2 saturated carbocycles. The van der Waals surface area contributed by atoms with Gasteiger partial charge in [0.05, 0.1) is 37.8 Å². The van der Waals surface area contributed by atoms with Crippen molar-refractivity contribution in [1.29, 1.82) is 0 Å². The third kappa shape index (κ3) is 7.86. The van der Waals surface area contributed by atoms with E-state index in [1.54, 1.807) is 13.2 Å². The van der Waals surface area contributed by atoms with Crippen molar-refractivity contribution in [2.24, 2.45) is 17.3 Å². The molecule has 16 nitrogen and oxygen atoms in total. The van der Waals surface area contributed by atoms with Gasteiger partial charge in [-0.25, -0.2) is 0 Å². The van der Waals surface area contributed by atoms with E-state index < -0.39 is 99.2 Å². The molecule has 19 unspecified atom stereocenters. The predicted molar refractivity (Wildman–Crippen MR) is 188 cm³/mol. The van der Waals surface area contributed by atoms with E-state index in [0.717, 1.165) is 49.8 Å². The number of allylic oxidation sites excluding steroid dienone is 1.